The number of nitrogens with zero attached hydrogens (tertiary/aromatic N) is 2. The largest absolute Gasteiger partial charge is 0.382 e. The molecule has 0 aliphatic carbocycles. The van der Waals surface area contributed by atoms with Gasteiger partial charge < -0.3 is 20.1 Å². The van der Waals surface area contributed by atoms with Crippen LogP contribution in [0.1, 0.15) is 6.92 Å². The van der Waals surface area contributed by atoms with Crippen LogP contribution in [0, 0.1) is 0 Å². The number of aromatic nitrogens is 2. The van der Waals surface area contributed by atoms with Crippen LogP contribution in [0.2, 0.25) is 0 Å². The summed E-state index contributed by atoms with van der Waals surface area (Å²) in [5.41, 5.74) is 0. The van der Waals surface area contributed by atoms with Gasteiger partial charge in [-0.1, -0.05) is 0 Å². The van der Waals surface area contributed by atoms with E-state index in [0.29, 0.717) is 26.4 Å². The van der Waals surface area contributed by atoms with Crippen molar-refractivity contribution in [2.75, 3.05) is 50.7 Å². The molecule has 0 aromatic carbocycles. The molecule has 1 heterocycles. The van der Waals surface area contributed by atoms with Crippen molar-refractivity contribution in [1.29, 1.82) is 0 Å². The first-order chi connectivity index (χ1) is 8.36. The highest BCUT2D eigenvalue weighted by Gasteiger charge is 1.96. The maximum Gasteiger partial charge on any atom is 0.131 e. The van der Waals surface area contributed by atoms with Gasteiger partial charge >= 0.3 is 0 Å². The summed E-state index contributed by atoms with van der Waals surface area (Å²) in [6.45, 7) is 5.45. The summed E-state index contributed by atoms with van der Waals surface area (Å²) >= 11 is 0. The Hall–Kier alpha value is -1.40. The van der Waals surface area contributed by atoms with Gasteiger partial charge in [0.15, 0.2) is 0 Å². The van der Waals surface area contributed by atoms with Crippen LogP contribution in [0.15, 0.2) is 12.4 Å². The molecule has 0 aliphatic heterocycles. The zero-order chi connectivity index (χ0) is 12.3. The fraction of sp³-hybridized carbons (Fsp3) is 0.636. The lowest BCUT2D eigenvalue weighted by Crippen LogP contribution is -2.13. The highest BCUT2D eigenvalue weighted by Crippen LogP contribution is 2.07. The van der Waals surface area contributed by atoms with E-state index in [1.165, 1.54) is 6.33 Å². The van der Waals surface area contributed by atoms with Crippen LogP contribution in [0.5, 0.6) is 0 Å². The summed E-state index contributed by atoms with van der Waals surface area (Å²) in [6, 6.07) is 1.87. The van der Waals surface area contributed by atoms with Crippen molar-refractivity contribution in [2.24, 2.45) is 0 Å². The van der Waals surface area contributed by atoms with E-state index in [0.717, 1.165) is 18.2 Å². The molecule has 6 nitrogen and oxygen atoms in total. The fourth-order valence-corrected chi connectivity index (χ4v) is 1.23. The Balaban J connectivity index is 2.19. The first-order valence-corrected chi connectivity index (χ1v) is 5.73. The van der Waals surface area contributed by atoms with Crippen molar-refractivity contribution in [3.63, 3.8) is 0 Å². The van der Waals surface area contributed by atoms with E-state index in [4.69, 9.17) is 9.47 Å². The molecule has 1 aromatic heterocycles. The Morgan fingerprint density at radius 2 is 1.88 bits per heavy atom. The first kappa shape index (κ1) is 13.7. The van der Waals surface area contributed by atoms with E-state index >= 15 is 0 Å². The van der Waals surface area contributed by atoms with Gasteiger partial charge in [-0.25, -0.2) is 9.97 Å². The molecule has 0 amide bonds. The third kappa shape index (κ3) is 6.03. The Morgan fingerprint density at radius 3 is 2.59 bits per heavy atom. The van der Waals surface area contributed by atoms with Crippen molar-refractivity contribution in [2.45, 2.75) is 6.92 Å². The minimum absolute atomic E-state index is 0.616. The van der Waals surface area contributed by atoms with Gasteiger partial charge in [-0.05, 0) is 6.92 Å². The Morgan fingerprint density at radius 1 is 1.12 bits per heavy atom. The molecule has 0 saturated carbocycles. The molecule has 0 unspecified atom stereocenters. The summed E-state index contributed by atoms with van der Waals surface area (Å²) in [5, 5.41) is 6.29. The lowest BCUT2D eigenvalue weighted by atomic mass is 10.5. The first-order valence-electron chi connectivity index (χ1n) is 5.73. The van der Waals surface area contributed by atoms with E-state index in [1.54, 1.807) is 7.11 Å². The van der Waals surface area contributed by atoms with Gasteiger partial charge in [0.1, 0.15) is 18.0 Å². The summed E-state index contributed by atoms with van der Waals surface area (Å²) < 4.78 is 10.2. The molecule has 17 heavy (non-hydrogen) atoms. The van der Waals surface area contributed by atoms with E-state index in [9.17, 15) is 0 Å². The Labute approximate surface area is 102 Å². The second-order valence-corrected chi connectivity index (χ2v) is 3.35. The molecule has 0 spiro atoms. The molecule has 0 saturated heterocycles. The monoisotopic (exact) mass is 240 g/mol. The standard InChI is InChI=1S/C11H20N4O2/c1-3-12-10-8-11(15-9-14-10)13-4-5-17-7-6-16-2/h8-9H,3-7H2,1-2H3,(H2,12,13,14,15). The van der Waals surface area contributed by atoms with Crippen LogP contribution in [0.25, 0.3) is 0 Å². The van der Waals surface area contributed by atoms with Gasteiger partial charge in [0.2, 0.25) is 0 Å². The third-order valence-corrected chi connectivity index (χ3v) is 2.01. The zero-order valence-corrected chi connectivity index (χ0v) is 10.4. The van der Waals surface area contributed by atoms with Gasteiger partial charge in [0, 0.05) is 26.3 Å². The number of methoxy groups -OCH3 is 1. The predicted molar refractivity (Wildman–Crippen MR) is 67.4 cm³/mol. The second kappa shape index (κ2) is 8.72. The fourth-order valence-electron chi connectivity index (χ4n) is 1.23. The number of hydrogen-bond donors (Lipinski definition) is 2. The van der Waals surface area contributed by atoms with Crippen LogP contribution < -0.4 is 10.6 Å². The number of ether oxygens (including phenoxy) is 2. The molecule has 0 fully saturated rings. The summed E-state index contributed by atoms with van der Waals surface area (Å²) in [6.07, 6.45) is 1.53. The second-order valence-electron chi connectivity index (χ2n) is 3.35. The molecule has 6 heteroatoms. The predicted octanol–water partition coefficient (Wildman–Crippen LogP) is 0.983. The number of nitrogens with one attached hydrogen (secondary N) is 2. The lowest BCUT2D eigenvalue weighted by molar-refractivity contribution is 0.0759. The number of anilines is 2. The molecule has 2 N–H and O–H groups in total. The zero-order valence-electron chi connectivity index (χ0n) is 10.4. The van der Waals surface area contributed by atoms with Crippen molar-refractivity contribution in [1.82, 2.24) is 9.97 Å². The van der Waals surface area contributed by atoms with Gasteiger partial charge in [-0.2, -0.15) is 0 Å². The minimum Gasteiger partial charge on any atom is -0.382 e. The van der Waals surface area contributed by atoms with E-state index in [2.05, 4.69) is 20.6 Å². The highest BCUT2D eigenvalue weighted by molar-refractivity contribution is 5.46. The molecule has 96 valence electrons. The molecular formula is C11H20N4O2. The summed E-state index contributed by atoms with van der Waals surface area (Å²) in [5.74, 6) is 1.62. The molecular weight excluding hydrogens is 220 g/mol. The van der Waals surface area contributed by atoms with Crippen molar-refractivity contribution < 1.29 is 9.47 Å². The third-order valence-electron chi connectivity index (χ3n) is 2.01. The molecule has 0 aliphatic rings. The van der Waals surface area contributed by atoms with E-state index < -0.39 is 0 Å². The Bertz CT molecular complexity index is 309. The van der Waals surface area contributed by atoms with E-state index in [-0.39, 0.29) is 0 Å². The maximum absolute atomic E-state index is 5.33. The molecule has 1 aromatic rings. The lowest BCUT2D eigenvalue weighted by Gasteiger charge is -2.07. The van der Waals surface area contributed by atoms with Gasteiger partial charge in [0.25, 0.3) is 0 Å². The van der Waals surface area contributed by atoms with Crippen molar-refractivity contribution in [3.05, 3.63) is 12.4 Å². The van der Waals surface area contributed by atoms with Crippen LogP contribution in [0.3, 0.4) is 0 Å². The molecule has 0 bridgehead atoms. The van der Waals surface area contributed by atoms with Gasteiger partial charge in [0.05, 0.1) is 19.8 Å². The van der Waals surface area contributed by atoms with Gasteiger partial charge in [-0.3, -0.25) is 0 Å². The smallest absolute Gasteiger partial charge is 0.131 e. The Kier molecular flexibility index (Phi) is 7.01. The molecule has 0 radical (unpaired) electrons. The maximum atomic E-state index is 5.33. The minimum atomic E-state index is 0.616. The summed E-state index contributed by atoms with van der Waals surface area (Å²) in [7, 11) is 1.66. The summed E-state index contributed by atoms with van der Waals surface area (Å²) in [4.78, 5) is 8.20. The van der Waals surface area contributed by atoms with Crippen LogP contribution in [0.4, 0.5) is 11.6 Å². The highest BCUT2D eigenvalue weighted by atomic mass is 16.5. The average molecular weight is 240 g/mol. The topological polar surface area (TPSA) is 68.3 Å². The number of hydrogen-bond acceptors (Lipinski definition) is 6. The average Bonchev–Trinajstić information content (AvgIpc) is 2.35. The van der Waals surface area contributed by atoms with Crippen LogP contribution in [-0.4, -0.2) is 50.0 Å². The van der Waals surface area contributed by atoms with Crippen LogP contribution >= 0.6 is 0 Å². The molecule has 0 atom stereocenters. The molecule has 1 rings (SSSR count). The quantitative estimate of drug-likeness (QED) is 0.627. The van der Waals surface area contributed by atoms with E-state index in [1.807, 2.05) is 13.0 Å². The van der Waals surface area contributed by atoms with Crippen molar-refractivity contribution >= 4 is 11.6 Å². The van der Waals surface area contributed by atoms with Crippen molar-refractivity contribution in [3.8, 4) is 0 Å². The SMILES string of the molecule is CCNc1cc(NCCOCCOC)ncn1. The van der Waals surface area contributed by atoms with Crippen LogP contribution in [-0.2, 0) is 9.47 Å². The normalized spacial score (nSPS) is 10.2. The van der Waals surface area contributed by atoms with Gasteiger partial charge in [-0.15, -0.1) is 0 Å². The number of rotatable bonds is 9.